The van der Waals surface area contributed by atoms with Crippen molar-refractivity contribution < 1.29 is 5.11 Å². The Labute approximate surface area is 86.0 Å². The minimum absolute atomic E-state index is 0.162. The van der Waals surface area contributed by atoms with E-state index >= 15 is 0 Å². The fourth-order valence-electron chi connectivity index (χ4n) is 1.34. The number of aliphatic hydroxyl groups excluding tert-OH is 1. The second-order valence-corrected chi connectivity index (χ2v) is 3.89. The summed E-state index contributed by atoms with van der Waals surface area (Å²) in [6, 6.07) is 6.60. The maximum Gasteiger partial charge on any atom is 0.0582 e. The van der Waals surface area contributed by atoms with Gasteiger partial charge in [0, 0.05) is 12.6 Å². The van der Waals surface area contributed by atoms with Crippen molar-refractivity contribution in [2.75, 3.05) is 6.61 Å². The molecular formula is C12H19NO. The van der Waals surface area contributed by atoms with E-state index in [4.69, 9.17) is 5.11 Å². The van der Waals surface area contributed by atoms with Crippen molar-refractivity contribution in [2.45, 2.75) is 33.4 Å². The molecule has 1 atom stereocenters. The predicted molar refractivity (Wildman–Crippen MR) is 59.3 cm³/mol. The molecule has 2 N–H and O–H groups in total. The second kappa shape index (κ2) is 5.13. The molecular weight excluding hydrogens is 174 g/mol. The summed E-state index contributed by atoms with van der Waals surface area (Å²) in [6.45, 7) is 7.20. The quantitative estimate of drug-likeness (QED) is 0.764. The molecule has 78 valence electrons. The van der Waals surface area contributed by atoms with E-state index in [1.54, 1.807) is 0 Å². The molecule has 1 rings (SSSR count). The summed E-state index contributed by atoms with van der Waals surface area (Å²) in [4.78, 5) is 0. The maximum atomic E-state index is 8.87. The first-order chi connectivity index (χ1) is 6.63. The van der Waals surface area contributed by atoms with E-state index in [-0.39, 0.29) is 12.6 Å². The summed E-state index contributed by atoms with van der Waals surface area (Å²) in [7, 11) is 0. The van der Waals surface area contributed by atoms with Gasteiger partial charge in [0.05, 0.1) is 6.61 Å². The predicted octanol–water partition coefficient (Wildman–Crippen LogP) is 1.77. The van der Waals surface area contributed by atoms with Gasteiger partial charge >= 0.3 is 0 Å². The van der Waals surface area contributed by atoms with Crippen LogP contribution >= 0.6 is 0 Å². The second-order valence-electron chi connectivity index (χ2n) is 3.89. The number of aliphatic hydroxyl groups is 1. The van der Waals surface area contributed by atoms with Gasteiger partial charge in [-0.05, 0) is 31.9 Å². The molecule has 0 saturated carbocycles. The Morgan fingerprint density at radius 2 is 2.07 bits per heavy atom. The third-order valence-electron chi connectivity index (χ3n) is 2.42. The van der Waals surface area contributed by atoms with Crippen LogP contribution < -0.4 is 5.32 Å². The highest BCUT2D eigenvalue weighted by atomic mass is 16.3. The zero-order chi connectivity index (χ0) is 10.6. The fourth-order valence-corrected chi connectivity index (χ4v) is 1.34. The number of nitrogens with one attached hydrogen (secondary N) is 1. The topological polar surface area (TPSA) is 32.3 Å². The molecule has 0 aliphatic heterocycles. The molecule has 2 heteroatoms. The van der Waals surface area contributed by atoms with E-state index in [1.165, 1.54) is 16.7 Å². The highest BCUT2D eigenvalue weighted by Crippen LogP contribution is 2.10. The first-order valence-electron chi connectivity index (χ1n) is 5.04. The molecule has 0 radical (unpaired) electrons. The standard InChI is InChI=1S/C12H19NO/c1-9-4-5-10(2)12(6-9)7-13-11(3)8-14/h4-6,11,13-14H,7-8H2,1-3H3/t11-/m0/s1. The third kappa shape index (κ3) is 3.13. The minimum Gasteiger partial charge on any atom is -0.395 e. The first kappa shape index (κ1) is 11.2. The molecule has 0 aliphatic rings. The highest BCUT2D eigenvalue weighted by Gasteiger charge is 2.01. The Balaban J connectivity index is 2.62. The molecule has 0 unspecified atom stereocenters. The number of aryl methyl sites for hydroxylation is 2. The average molecular weight is 193 g/mol. The molecule has 0 aliphatic carbocycles. The summed E-state index contributed by atoms with van der Waals surface area (Å²) in [6.07, 6.45) is 0. The van der Waals surface area contributed by atoms with Crippen molar-refractivity contribution in [3.8, 4) is 0 Å². The van der Waals surface area contributed by atoms with Gasteiger partial charge in [0.25, 0.3) is 0 Å². The van der Waals surface area contributed by atoms with Crippen molar-refractivity contribution >= 4 is 0 Å². The number of hydrogen-bond donors (Lipinski definition) is 2. The van der Waals surface area contributed by atoms with Crippen molar-refractivity contribution in [3.05, 3.63) is 34.9 Å². The smallest absolute Gasteiger partial charge is 0.0582 e. The lowest BCUT2D eigenvalue weighted by atomic mass is 10.1. The van der Waals surface area contributed by atoms with Crippen LogP contribution in [-0.4, -0.2) is 17.8 Å². The van der Waals surface area contributed by atoms with Crippen LogP contribution in [0.4, 0.5) is 0 Å². The third-order valence-corrected chi connectivity index (χ3v) is 2.42. The van der Waals surface area contributed by atoms with Crippen LogP contribution in [0.3, 0.4) is 0 Å². The van der Waals surface area contributed by atoms with Gasteiger partial charge in [-0.2, -0.15) is 0 Å². The van der Waals surface area contributed by atoms with Gasteiger partial charge in [-0.25, -0.2) is 0 Å². The molecule has 0 bridgehead atoms. The first-order valence-corrected chi connectivity index (χ1v) is 5.04. The van der Waals surface area contributed by atoms with Crippen LogP contribution in [0.2, 0.25) is 0 Å². The molecule has 0 fully saturated rings. The van der Waals surface area contributed by atoms with Crippen LogP contribution in [0.5, 0.6) is 0 Å². The van der Waals surface area contributed by atoms with E-state index in [0.29, 0.717) is 0 Å². The Kier molecular flexibility index (Phi) is 4.11. The summed E-state index contributed by atoms with van der Waals surface area (Å²) in [5.41, 5.74) is 3.89. The number of hydrogen-bond acceptors (Lipinski definition) is 2. The summed E-state index contributed by atoms with van der Waals surface area (Å²) in [5.74, 6) is 0. The zero-order valence-electron chi connectivity index (χ0n) is 9.17. The van der Waals surface area contributed by atoms with E-state index in [0.717, 1.165) is 6.54 Å². The normalized spacial score (nSPS) is 12.9. The lowest BCUT2D eigenvalue weighted by Gasteiger charge is -2.12. The highest BCUT2D eigenvalue weighted by molar-refractivity contribution is 5.30. The molecule has 0 aromatic heterocycles. The van der Waals surface area contributed by atoms with Crippen molar-refractivity contribution in [2.24, 2.45) is 0 Å². The average Bonchev–Trinajstić information content (AvgIpc) is 2.19. The lowest BCUT2D eigenvalue weighted by Crippen LogP contribution is -2.28. The van der Waals surface area contributed by atoms with Gasteiger partial charge in [-0.15, -0.1) is 0 Å². The van der Waals surface area contributed by atoms with E-state index in [9.17, 15) is 0 Å². The van der Waals surface area contributed by atoms with Crippen molar-refractivity contribution in [1.29, 1.82) is 0 Å². The van der Waals surface area contributed by atoms with Gasteiger partial charge in [-0.1, -0.05) is 23.8 Å². The molecule has 2 nitrogen and oxygen atoms in total. The van der Waals surface area contributed by atoms with Gasteiger partial charge in [0.1, 0.15) is 0 Å². The van der Waals surface area contributed by atoms with Gasteiger partial charge in [-0.3, -0.25) is 0 Å². The Morgan fingerprint density at radius 1 is 1.36 bits per heavy atom. The number of rotatable bonds is 4. The van der Waals surface area contributed by atoms with Crippen molar-refractivity contribution in [1.82, 2.24) is 5.32 Å². The van der Waals surface area contributed by atoms with Crippen LogP contribution in [0.25, 0.3) is 0 Å². The largest absolute Gasteiger partial charge is 0.395 e. The van der Waals surface area contributed by atoms with Crippen LogP contribution in [0.15, 0.2) is 18.2 Å². The molecule has 1 aromatic rings. The van der Waals surface area contributed by atoms with Crippen molar-refractivity contribution in [3.63, 3.8) is 0 Å². The molecule has 1 aromatic carbocycles. The number of benzene rings is 1. The maximum absolute atomic E-state index is 8.87. The minimum atomic E-state index is 0.162. The Hall–Kier alpha value is -0.860. The summed E-state index contributed by atoms with van der Waals surface area (Å²) >= 11 is 0. The van der Waals surface area contributed by atoms with Gasteiger partial charge < -0.3 is 10.4 Å². The van der Waals surface area contributed by atoms with Gasteiger partial charge in [0.15, 0.2) is 0 Å². The van der Waals surface area contributed by atoms with Crippen LogP contribution in [0.1, 0.15) is 23.6 Å². The summed E-state index contributed by atoms with van der Waals surface area (Å²) in [5, 5.41) is 12.1. The van der Waals surface area contributed by atoms with E-state index in [2.05, 4.69) is 37.4 Å². The van der Waals surface area contributed by atoms with Gasteiger partial charge in [0.2, 0.25) is 0 Å². The molecule has 0 spiro atoms. The Morgan fingerprint density at radius 3 is 2.71 bits per heavy atom. The SMILES string of the molecule is Cc1ccc(C)c(CN[C@@H](C)CO)c1. The molecule has 0 saturated heterocycles. The monoisotopic (exact) mass is 193 g/mol. The molecule has 0 heterocycles. The zero-order valence-corrected chi connectivity index (χ0v) is 9.17. The lowest BCUT2D eigenvalue weighted by molar-refractivity contribution is 0.251. The Bertz CT molecular complexity index is 296. The molecule has 14 heavy (non-hydrogen) atoms. The fraction of sp³-hybridized carbons (Fsp3) is 0.500. The van der Waals surface area contributed by atoms with Crippen LogP contribution in [-0.2, 0) is 6.54 Å². The molecule has 0 amide bonds. The van der Waals surface area contributed by atoms with E-state index < -0.39 is 0 Å². The van der Waals surface area contributed by atoms with Crippen LogP contribution in [0, 0.1) is 13.8 Å². The summed E-state index contributed by atoms with van der Waals surface area (Å²) < 4.78 is 0. The van der Waals surface area contributed by atoms with E-state index in [1.807, 2.05) is 6.92 Å².